The van der Waals surface area contributed by atoms with Gasteiger partial charge in [0.05, 0.1) is 36.2 Å². The molecule has 2 aromatic carbocycles. The van der Waals surface area contributed by atoms with Gasteiger partial charge in [0.15, 0.2) is 11.5 Å². The second kappa shape index (κ2) is 8.89. The predicted molar refractivity (Wildman–Crippen MR) is 120 cm³/mol. The third-order valence-corrected chi connectivity index (χ3v) is 5.89. The van der Waals surface area contributed by atoms with Crippen LogP contribution in [0, 0.1) is 10.1 Å². The average molecular weight is 466 g/mol. The van der Waals surface area contributed by atoms with Crippen molar-refractivity contribution >= 4 is 23.3 Å². The lowest BCUT2D eigenvalue weighted by Gasteiger charge is -2.37. The molecule has 4 rings (SSSR count). The van der Waals surface area contributed by atoms with Crippen molar-refractivity contribution in [3.8, 4) is 11.5 Å². The molecule has 0 saturated heterocycles. The van der Waals surface area contributed by atoms with E-state index in [9.17, 15) is 19.7 Å². The molecule has 2 heterocycles. The highest BCUT2D eigenvalue weighted by Crippen LogP contribution is 2.47. The molecule has 0 spiro atoms. The van der Waals surface area contributed by atoms with Gasteiger partial charge < -0.3 is 23.8 Å². The van der Waals surface area contributed by atoms with Crippen molar-refractivity contribution in [1.29, 1.82) is 0 Å². The molecule has 2 aliphatic rings. The Hall–Kier alpha value is -4.34. The van der Waals surface area contributed by atoms with E-state index in [0.717, 1.165) is 0 Å². The van der Waals surface area contributed by atoms with E-state index in [4.69, 9.17) is 18.9 Å². The van der Waals surface area contributed by atoms with Crippen LogP contribution in [0.5, 0.6) is 11.5 Å². The van der Waals surface area contributed by atoms with Crippen molar-refractivity contribution < 1.29 is 33.5 Å². The maximum atomic E-state index is 13.1. The highest BCUT2D eigenvalue weighted by molar-refractivity contribution is 6.02. The maximum Gasteiger partial charge on any atom is 0.336 e. The summed E-state index contributed by atoms with van der Waals surface area (Å²) < 4.78 is 21.0. The number of hydrogen-bond acceptors (Lipinski definition) is 9. The van der Waals surface area contributed by atoms with E-state index < -0.39 is 22.8 Å². The van der Waals surface area contributed by atoms with Gasteiger partial charge in [0.1, 0.15) is 5.69 Å². The van der Waals surface area contributed by atoms with Crippen molar-refractivity contribution in [1.82, 2.24) is 0 Å². The molecule has 0 aliphatic carbocycles. The highest BCUT2D eigenvalue weighted by atomic mass is 16.7. The first kappa shape index (κ1) is 22.8. The Morgan fingerprint density at radius 2 is 1.56 bits per heavy atom. The Bertz CT molecular complexity index is 1220. The molecule has 2 aliphatic heterocycles. The van der Waals surface area contributed by atoms with E-state index in [1.54, 1.807) is 50.2 Å². The van der Waals surface area contributed by atoms with Gasteiger partial charge in [-0.3, -0.25) is 10.1 Å². The molecular weight excluding hydrogens is 444 g/mol. The number of carbonyl (C=O) groups is 2. The molecule has 10 nitrogen and oxygen atoms in total. The van der Waals surface area contributed by atoms with Crippen molar-refractivity contribution in [2.45, 2.75) is 19.8 Å². The molecule has 0 amide bonds. The van der Waals surface area contributed by atoms with E-state index in [-0.39, 0.29) is 29.3 Å². The molecular formula is C24H22N2O8. The van der Waals surface area contributed by atoms with Gasteiger partial charge in [-0.05, 0) is 37.6 Å². The zero-order valence-corrected chi connectivity index (χ0v) is 19.0. The molecule has 176 valence electrons. The number of nitro groups is 1. The fourth-order valence-corrected chi connectivity index (χ4v) is 4.40. The predicted octanol–water partition coefficient (Wildman–Crippen LogP) is 3.82. The molecule has 0 unspecified atom stereocenters. The number of anilines is 1. The Balaban J connectivity index is 2.02. The van der Waals surface area contributed by atoms with Crippen LogP contribution in [0.4, 0.5) is 11.4 Å². The largest absolute Gasteiger partial charge is 0.466 e. The summed E-state index contributed by atoms with van der Waals surface area (Å²) in [7, 11) is 2.47. The van der Waals surface area contributed by atoms with E-state index in [1.165, 1.54) is 25.2 Å². The Morgan fingerprint density at radius 1 is 0.971 bits per heavy atom. The summed E-state index contributed by atoms with van der Waals surface area (Å²) >= 11 is 0. The Labute approximate surface area is 195 Å². The fraction of sp³-hybridized carbons (Fsp3) is 0.250. The molecule has 0 aromatic heterocycles. The second-order valence-corrected chi connectivity index (χ2v) is 7.61. The zero-order chi connectivity index (χ0) is 24.6. The van der Waals surface area contributed by atoms with Crippen LogP contribution >= 0.6 is 0 Å². The standard InChI is InChI=1S/C24H22N2O8/c1-13-20(23(27)31-3)22(15-9-10-18-19(11-15)34-12-33-18)21(24(28)32-4)14(2)25(13)16-7-5-6-8-17(16)26(29)30/h5-11,22H,12H2,1-4H3. The van der Waals surface area contributed by atoms with E-state index >= 15 is 0 Å². The minimum Gasteiger partial charge on any atom is -0.466 e. The van der Waals surface area contributed by atoms with Gasteiger partial charge in [0.2, 0.25) is 6.79 Å². The monoisotopic (exact) mass is 466 g/mol. The Kier molecular flexibility index (Phi) is 5.97. The first-order valence-corrected chi connectivity index (χ1v) is 10.3. The number of nitro benzene ring substituents is 1. The lowest BCUT2D eigenvalue weighted by Crippen LogP contribution is -2.35. The van der Waals surface area contributed by atoms with Crippen molar-refractivity contribution in [3.63, 3.8) is 0 Å². The summed E-state index contributed by atoms with van der Waals surface area (Å²) in [6.07, 6.45) is 0. The smallest absolute Gasteiger partial charge is 0.336 e. The SMILES string of the molecule is COC(=O)C1=C(C)N(c2ccccc2[N+](=O)[O-])C(C)=C(C(=O)OC)C1c1ccc2c(c1)OCO2. The molecule has 0 saturated carbocycles. The topological polar surface area (TPSA) is 117 Å². The minimum absolute atomic E-state index is 0.0619. The minimum atomic E-state index is -0.867. The number of para-hydroxylation sites is 2. The summed E-state index contributed by atoms with van der Waals surface area (Å²) in [5.41, 5.74) is 1.65. The van der Waals surface area contributed by atoms with Gasteiger partial charge in [0, 0.05) is 17.5 Å². The van der Waals surface area contributed by atoms with E-state index in [1.807, 2.05) is 0 Å². The molecule has 0 atom stereocenters. The summed E-state index contributed by atoms with van der Waals surface area (Å²) in [6.45, 7) is 3.37. The lowest BCUT2D eigenvalue weighted by atomic mass is 9.79. The van der Waals surface area contributed by atoms with Gasteiger partial charge in [-0.1, -0.05) is 18.2 Å². The fourth-order valence-electron chi connectivity index (χ4n) is 4.40. The van der Waals surface area contributed by atoms with Crippen LogP contribution in [0.15, 0.2) is 65.0 Å². The second-order valence-electron chi connectivity index (χ2n) is 7.61. The maximum absolute atomic E-state index is 13.1. The van der Waals surface area contributed by atoms with Crippen LogP contribution in [0.1, 0.15) is 25.3 Å². The van der Waals surface area contributed by atoms with Gasteiger partial charge in [0.25, 0.3) is 5.69 Å². The average Bonchev–Trinajstić information content (AvgIpc) is 3.31. The normalized spacial score (nSPS) is 15.5. The van der Waals surface area contributed by atoms with Crippen LogP contribution in [-0.2, 0) is 19.1 Å². The number of hydrogen-bond donors (Lipinski definition) is 0. The quantitative estimate of drug-likeness (QED) is 0.368. The number of nitrogens with zero attached hydrogens (tertiary/aromatic N) is 2. The van der Waals surface area contributed by atoms with E-state index in [2.05, 4.69) is 0 Å². The number of fused-ring (bicyclic) bond motifs is 1. The first-order chi connectivity index (χ1) is 16.3. The first-order valence-electron chi connectivity index (χ1n) is 10.3. The molecule has 0 bridgehead atoms. The number of esters is 2. The van der Waals surface area contributed by atoms with Crippen molar-refractivity contribution in [2.75, 3.05) is 25.9 Å². The van der Waals surface area contributed by atoms with E-state index in [0.29, 0.717) is 28.5 Å². The third-order valence-electron chi connectivity index (χ3n) is 5.89. The number of rotatable bonds is 5. The van der Waals surface area contributed by atoms with Gasteiger partial charge in [-0.25, -0.2) is 9.59 Å². The number of methoxy groups -OCH3 is 2. The van der Waals surface area contributed by atoms with Crippen LogP contribution in [0.3, 0.4) is 0 Å². The number of benzene rings is 2. The molecule has 10 heteroatoms. The van der Waals surface area contributed by atoms with Crippen LogP contribution in [-0.4, -0.2) is 37.9 Å². The molecule has 0 radical (unpaired) electrons. The van der Waals surface area contributed by atoms with Gasteiger partial charge in [-0.15, -0.1) is 0 Å². The van der Waals surface area contributed by atoms with Crippen molar-refractivity contribution in [2.24, 2.45) is 0 Å². The summed E-state index contributed by atoms with van der Waals surface area (Å²) in [4.78, 5) is 38.9. The highest BCUT2D eigenvalue weighted by Gasteiger charge is 2.42. The van der Waals surface area contributed by atoms with Crippen LogP contribution < -0.4 is 14.4 Å². The van der Waals surface area contributed by atoms with Gasteiger partial charge in [-0.2, -0.15) is 0 Å². The third kappa shape index (κ3) is 3.62. The zero-order valence-electron chi connectivity index (χ0n) is 19.0. The summed E-state index contributed by atoms with van der Waals surface area (Å²) in [6, 6.07) is 11.2. The van der Waals surface area contributed by atoms with Crippen LogP contribution in [0.2, 0.25) is 0 Å². The van der Waals surface area contributed by atoms with Crippen LogP contribution in [0.25, 0.3) is 0 Å². The lowest BCUT2D eigenvalue weighted by molar-refractivity contribution is -0.384. The molecule has 34 heavy (non-hydrogen) atoms. The molecule has 0 fully saturated rings. The van der Waals surface area contributed by atoms with Gasteiger partial charge >= 0.3 is 11.9 Å². The molecule has 2 aromatic rings. The number of allylic oxidation sites excluding steroid dienone is 2. The number of carbonyl (C=O) groups excluding carboxylic acids is 2. The van der Waals surface area contributed by atoms with Crippen molar-refractivity contribution in [3.05, 3.63) is 80.7 Å². The Morgan fingerprint density at radius 3 is 2.15 bits per heavy atom. The summed E-state index contributed by atoms with van der Waals surface area (Å²) in [5, 5.41) is 11.8. The summed E-state index contributed by atoms with van der Waals surface area (Å²) in [5.74, 6) is -1.21. The molecule has 0 N–H and O–H groups in total. The number of ether oxygens (including phenoxy) is 4.